The molecule has 4 nitrogen and oxygen atoms in total. The number of hydrogen-bond donors (Lipinski definition) is 1. The van der Waals surface area contributed by atoms with E-state index in [2.05, 4.69) is 4.98 Å². The molecule has 0 aliphatic heterocycles. The summed E-state index contributed by atoms with van der Waals surface area (Å²) in [5, 5.41) is 0. The van der Waals surface area contributed by atoms with E-state index in [0.717, 1.165) is 31.4 Å². The average Bonchev–Trinajstić information content (AvgIpc) is 2.38. The van der Waals surface area contributed by atoms with E-state index in [9.17, 15) is 4.79 Å². The first-order valence-corrected chi connectivity index (χ1v) is 6.54. The molecule has 0 aromatic carbocycles. The first-order valence-electron chi connectivity index (χ1n) is 6.54. The molecule has 1 heterocycles. The predicted octanol–water partition coefficient (Wildman–Crippen LogP) is 1.73. The molecule has 0 bridgehead atoms. The summed E-state index contributed by atoms with van der Waals surface area (Å²) in [5.41, 5.74) is 7.30. The molecule has 2 N–H and O–H groups in total. The third-order valence-electron chi connectivity index (χ3n) is 3.72. The van der Waals surface area contributed by atoms with Gasteiger partial charge in [0, 0.05) is 24.8 Å². The number of carbonyl (C=O) groups excluding carboxylic acids is 1. The van der Waals surface area contributed by atoms with Crippen molar-refractivity contribution in [1.82, 2.24) is 9.88 Å². The fraction of sp³-hybridized carbons (Fsp3) is 0.571. The summed E-state index contributed by atoms with van der Waals surface area (Å²) in [7, 11) is 1.87. The van der Waals surface area contributed by atoms with Gasteiger partial charge in [0.1, 0.15) is 5.69 Å². The Labute approximate surface area is 108 Å². The van der Waals surface area contributed by atoms with Gasteiger partial charge in [-0.3, -0.25) is 4.79 Å². The summed E-state index contributed by atoms with van der Waals surface area (Å²) >= 11 is 0. The molecule has 98 valence electrons. The minimum Gasteiger partial charge on any atom is -0.337 e. The van der Waals surface area contributed by atoms with Crippen LogP contribution in [0.3, 0.4) is 0 Å². The normalized spacial score (nSPS) is 23.7. The molecule has 1 saturated carbocycles. The molecule has 1 aliphatic carbocycles. The highest BCUT2D eigenvalue weighted by Crippen LogP contribution is 2.22. The van der Waals surface area contributed by atoms with Crippen molar-refractivity contribution in [3.8, 4) is 0 Å². The number of aromatic nitrogens is 1. The van der Waals surface area contributed by atoms with Gasteiger partial charge in [-0.05, 0) is 44.7 Å². The number of rotatable bonds is 2. The summed E-state index contributed by atoms with van der Waals surface area (Å²) in [6.45, 7) is 1.90. The zero-order valence-corrected chi connectivity index (χ0v) is 11.1. The number of amides is 1. The predicted molar refractivity (Wildman–Crippen MR) is 71.3 cm³/mol. The molecule has 0 atom stereocenters. The van der Waals surface area contributed by atoms with Crippen molar-refractivity contribution < 1.29 is 4.79 Å². The van der Waals surface area contributed by atoms with Crippen molar-refractivity contribution in [3.05, 3.63) is 29.6 Å². The standard InChI is InChI=1S/C14H21N3O/c1-10-4-3-5-13(16-10)14(18)17(2)12-8-6-11(15)7-9-12/h3-5,11-12H,6-9,15H2,1-2H3. The number of carbonyl (C=O) groups is 1. The highest BCUT2D eigenvalue weighted by molar-refractivity contribution is 5.92. The van der Waals surface area contributed by atoms with Gasteiger partial charge in [0.25, 0.3) is 5.91 Å². The van der Waals surface area contributed by atoms with E-state index in [1.165, 1.54) is 0 Å². The largest absolute Gasteiger partial charge is 0.337 e. The number of pyridine rings is 1. The second-order valence-electron chi connectivity index (χ2n) is 5.15. The summed E-state index contributed by atoms with van der Waals surface area (Å²) in [4.78, 5) is 18.4. The van der Waals surface area contributed by atoms with Crippen molar-refractivity contribution >= 4 is 5.91 Å². The van der Waals surface area contributed by atoms with Gasteiger partial charge in [-0.2, -0.15) is 0 Å². The van der Waals surface area contributed by atoms with Crippen LogP contribution in [0, 0.1) is 6.92 Å². The van der Waals surface area contributed by atoms with Crippen LogP contribution < -0.4 is 5.73 Å². The van der Waals surface area contributed by atoms with Gasteiger partial charge in [0.05, 0.1) is 0 Å². The lowest BCUT2D eigenvalue weighted by Gasteiger charge is -2.33. The van der Waals surface area contributed by atoms with E-state index in [-0.39, 0.29) is 5.91 Å². The molecule has 0 saturated heterocycles. The zero-order chi connectivity index (χ0) is 13.1. The lowest BCUT2D eigenvalue weighted by atomic mass is 9.91. The summed E-state index contributed by atoms with van der Waals surface area (Å²) in [5.74, 6) is 0.0131. The maximum atomic E-state index is 12.3. The second kappa shape index (κ2) is 5.48. The molecule has 1 aliphatic rings. The van der Waals surface area contributed by atoms with Crippen molar-refractivity contribution in [3.63, 3.8) is 0 Å². The summed E-state index contributed by atoms with van der Waals surface area (Å²) in [6, 6.07) is 6.17. The maximum Gasteiger partial charge on any atom is 0.272 e. The SMILES string of the molecule is Cc1cccc(C(=O)N(C)C2CCC(N)CC2)n1. The average molecular weight is 247 g/mol. The molecule has 0 radical (unpaired) electrons. The fourth-order valence-electron chi connectivity index (χ4n) is 2.50. The Kier molecular flexibility index (Phi) is 3.97. The molecule has 0 unspecified atom stereocenters. The van der Waals surface area contributed by atoms with Crippen LogP contribution in [0.4, 0.5) is 0 Å². The minimum atomic E-state index is 0.0131. The molecular weight excluding hydrogens is 226 g/mol. The van der Waals surface area contributed by atoms with Crippen LogP contribution in [0.2, 0.25) is 0 Å². The van der Waals surface area contributed by atoms with Crippen LogP contribution >= 0.6 is 0 Å². The van der Waals surface area contributed by atoms with Crippen LogP contribution in [0.1, 0.15) is 41.9 Å². The van der Waals surface area contributed by atoms with E-state index in [1.54, 1.807) is 6.07 Å². The van der Waals surface area contributed by atoms with E-state index in [0.29, 0.717) is 17.8 Å². The van der Waals surface area contributed by atoms with Gasteiger partial charge in [-0.1, -0.05) is 6.07 Å². The molecule has 1 aromatic heterocycles. The first-order chi connectivity index (χ1) is 8.58. The summed E-state index contributed by atoms with van der Waals surface area (Å²) < 4.78 is 0. The number of nitrogens with zero attached hydrogens (tertiary/aromatic N) is 2. The van der Waals surface area contributed by atoms with Crippen LogP contribution in [-0.2, 0) is 0 Å². The molecule has 1 aromatic rings. The Hall–Kier alpha value is -1.42. The Bertz CT molecular complexity index is 425. The fourth-order valence-corrected chi connectivity index (χ4v) is 2.50. The van der Waals surface area contributed by atoms with E-state index in [4.69, 9.17) is 5.73 Å². The van der Waals surface area contributed by atoms with Crippen LogP contribution in [0.5, 0.6) is 0 Å². The van der Waals surface area contributed by atoms with E-state index in [1.807, 2.05) is 31.0 Å². The third kappa shape index (κ3) is 2.88. The second-order valence-corrected chi connectivity index (χ2v) is 5.15. The molecule has 2 rings (SSSR count). The third-order valence-corrected chi connectivity index (χ3v) is 3.72. The number of aryl methyl sites for hydroxylation is 1. The summed E-state index contributed by atoms with van der Waals surface area (Å²) in [6.07, 6.45) is 4.00. The van der Waals surface area contributed by atoms with Crippen LogP contribution in [0.25, 0.3) is 0 Å². The highest BCUT2D eigenvalue weighted by Gasteiger charge is 2.26. The molecular formula is C14H21N3O. The molecule has 0 spiro atoms. The van der Waals surface area contributed by atoms with Gasteiger partial charge < -0.3 is 10.6 Å². The van der Waals surface area contributed by atoms with Crippen molar-refractivity contribution in [1.29, 1.82) is 0 Å². The van der Waals surface area contributed by atoms with Crippen molar-refractivity contribution in [2.24, 2.45) is 5.73 Å². The quantitative estimate of drug-likeness (QED) is 0.866. The Morgan fingerprint density at radius 2 is 2.00 bits per heavy atom. The molecule has 18 heavy (non-hydrogen) atoms. The first kappa shape index (κ1) is 13.0. The molecule has 1 amide bonds. The number of nitrogens with two attached hydrogens (primary N) is 1. The van der Waals surface area contributed by atoms with Crippen LogP contribution in [0.15, 0.2) is 18.2 Å². The lowest BCUT2D eigenvalue weighted by Crippen LogP contribution is -2.42. The topological polar surface area (TPSA) is 59.2 Å². The van der Waals surface area contributed by atoms with Crippen molar-refractivity contribution in [2.75, 3.05) is 7.05 Å². The smallest absolute Gasteiger partial charge is 0.272 e. The van der Waals surface area contributed by atoms with Gasteiger partial charge >= 0.3 is 0 Å². The maximum absolute atomic E-state index is 12.3. The Morgan fingerprint density at radius 1 is 1.33 bits per heavy atom. The Balaban J connectivity index is 2.04. The highest BCUT2D eigenvalue weighted by atomic mass is 16.2. The van der Waals surface area contributed by atoms with Crippen molar-refractivity contribution in [2.45, 2.75) is 44.7 Å². The van der Waals surface area contributed by atoms with Gasteiger partial charge in [-0.25, -0.2) is 4.98 Å². The number of hydrogen-bond acceptors (Lipinski definition) is 3. The van der Waals surface area contributed by atoms with Gasteiger partial charge in [0.15, 0.2) is 0 Å². The minimum absolute atomic E-state index is 0.0131. The molecule has 4 heteroatoms. The van der Waals surface area contributed by atoms with E-state index < -0.39 is 0 Å². The van der Waals surface area contributed by atoms with Gasteiger partial charge in [0.2, 0.25) is 0 Å². The Morgan fingerprint density at radius 3 is 2.61 bits per heavy atom. The molecule has 1 fully saturated rings. The van der Waals surface area contributed by atoms with Crippen LogP contribution in [-0.4, -0.2) is 34.9 Å². The lowest BCUT2D eigenvalue weighted by molar-refractivity contribution is 0.0684. The van der Waals surface area contributed by atoms with E-state index >= 15 is 0 Å². The van der Waals surface area contributed by atoms with Gasteiger partial charge in [-0.15, -0.1) is 0 Å². The monoisotopic (exact) mass is 247 g/mol. The zero-order valence-electron chi connectivity index (χ0n) is 11.1.